The summed E-state index contributed by atoms with van der Waals surface area (Å²) < 4.78 is 6.43. The zero-order valence-corrected chi connectivity index (χ0v) is 21.2. The van der Waals surface area contributed by atoms with Gasteiger partial charge in [0.25, 0.3) is 5.91 Å². The van der Waals surface area contributed by atoms with Gasteiger partial charge in [-0.3, -0.25) is 15.1 Å². The number of phenolic OH excluding ortho intramolecular Hbond substituents is 2. The van der Waals surface area contributed by atoms with Crippen molar-refractivity contribution in [1.29, 1.82) is 0 Å². The highest BCUT2D eigenvalue weighted by Crippen LogP contribution is 2.28. The highest BCUT2D eigenvalue weighted by molar-refractivity contribution is 6.05. The lowest BCUT2D eigenvalue weighted by atomic mass is 10.1. The number of fused-ring (bicyclic) bond motifs is 1. The number of anilines is 1. The number of piperazine rings is 1. The smallest absolute Gasteiger partial charge is 0.293 e. The molecule has 3 aromatic carbocycles. The van der Waals surface area contributed by atoms with Crippen molar-refractivity contribution in [3.05, 3.63) is 101 Å². The SMILES string of the molecule is [NH2+]=C/C(=C(/OC1Cc2ccccc2C1)C(=O)Nc1ccccc1)N1CCN(Cc2cc(O)cc(O)c2)CC1. The number of hydrogen-bond donors (Lipinski definition) is 4. The van der Waals surface area contributed by atoms with Crippen LogP contribution in [0.5, 0.6) is 11.5 Å². The Morgan fingerprint density at radius 1 is 0.921 bits per heavy atom. The maximum Gasteiger partial charge on any atom is 0.293 e. The molecule has 1 heterocycles. The summed E-state index contributed by atoms with van der Waals surface area (Å²) in [5.74, 6) is -0.0224. The number of nitrogens with two attached hydrogens (primary N) is 1. The lowest BCUT2D eigenvalue weighted by Gasteiger charge is -2.36. The number of aromatic hydroxyl groups is 2. The van der Waals surface area contributed by atoms with E-state index >= 15 is 0 Å². The average Bonchev–Trinajstić information content (AvgIpc) is 3.32. The van der Waals surface area contributed by atoms with Crippen molar-refractivity contribution >= 4 is 17.8 Å². The van der Waals surface area contributed by atoms with E-state index in [4.69, 9.17) is 10.1 Å². The minimum Gasteiger partial charge on any atom is -0.508 e. The second kappa shape index (κ2) is 11.4. The van der Waals surface area contributed by atoms with Gasteiger partial charge in [-0.15, -0.1) is 0 Å². The molecule has 8 nitrogen and oxygen atoms in total. The normalized spacial score (nSPS) is 16.5. The van der Waals surface area contributed by atoms with Gasteiger partial charge in [-0.1, -0.05) is 42.5 Å². The first kappa shape index (κ1) is 25.4. The molecule has 38 heavy (non-hydrogen) atoms. The summed E-state index contributed by atoms with van der Waals surface area (Å²) in [7, 11) is 0. The van der Waals surface area contributed by atoms with Crippen LogP contribution < -0.4 is 10.7 Å². The summed E-state index contributed by atoms with van der Waals surface area (Å²) in [4.78, 5) is 17.8. The van der Waals surface area contributed by atoms with Crippen molar-refractivity contribution in [3.8, 4) is 11.5 Å². The fraction of sp³-hybridized carbons (Fsp3) is 0.267. The van der Waals surface area contributed by atoms with E-state index in [0.717, 1.165) is 31.5 Å². The molecule has 0 unspecified atom stereocenters. The Morgan fingerprint density at radius 2 is 1.53 bits per heavy atom. The summed E-state index contributed by atoms with van der Waals surface area (Å²) >= 11 is 0. The molecule has 1 fully saturated rings. The first-order valence-electron chi connectivity index (χ1n) is 12.9. The third-order valence-electron chi connectivity index (χ3n) is 7.01. The highest BCUT2D eigenvalue weighted by Gasteiger charge is 2.30. The first-order valence-corrected chi connectivity index (χ1v) is 12.9. The molecule has 0 saturated carbocycles. The summed E-state index contributed by atoms with van der Waals surface area (Å²) in [5.41, 5.74) is 4.58. The van der Waals surface area contributed by atoms with Crippen LogP contribution in [0.25, 0.3) is 0 Å². The van der Waals surface area contributed by atoms with Crippen LogP contribution >= 0.6 is 0 Å². The molecular weight excluding hydrogens is 480 g/mol. The molecule has 2 aliphatic rings. The van der Waals surface area contributed by atoms with E-state index < -0.39 is 0 Å². The van der Waals surface area contributed by atoms with E-state index in [9.17, 15) is 15.0 Å². The predicted octanol–water partition coefficient (Wildman–Crippen LogP) is 2.08. The van der Waals surface area contributed by atoms with Gasteiger partial charge in [-0.05, 0) is 41.0 Å². The molecule has 0 spiro atoms. The molecule has 5 N–H and O–H groups in total. The van der Waals surface area contributed by atoms with Crippen LogP contribution in [0.15, 0.2) is 84.3 Å². The molecule has 0 aromatic heterocycles. The van der Waals surface area contributed by atoms with E-state index in [1.165, 1.54) is 23.4 Å². The van der Waals surface area contributed by atoms with E-state index in [2.05, 4.69) is 27.2 Å². The molecule has 0 radical (unpaired) electrons. The van der Waals surface area contributed by atoms with Gasteiger partial charge >= 0.3 is 0 Å². The number of phenols is 2. The Labute approximate surface area is 222 Å². The van der Waals surface area contributed by atoms with E-state index in [0.29, 0.717) is 31.0 Å². The third-order valence-corrected chi connectivity index (χ3v) is 7.01. The van der Waals surface area contributed by atoms with E-state index in [1.807, 2.05) is 42.5 Å². The van der Waals surface area contributed by atoms with Gasteiger partial charge in [-0.25, -0.2) is 0 Å². The van der Waals surface area contributed by atoms with Gasteiger partial charge in [0, 0.05) is 57.3 Å². The Bertz CT molecular complexity index is 1290. The number of hydrogen-bond acceptors (Lipinski definition) is 6. The van der Waals surface area contributed by atoms with E-state index in [-0.39, 0.29) is 29.3 Å². The fourth-order valence-corrected chi connectivity index (χ4v) is 5.19. The van der Waals surface area contributed by atoms with Crippen LogP contribution in [0.3, 0.4) is 0 Å². The van der Waals surface area contributed by atoms with Crippen LogP contribution in [0.1, 0.15) is 16.7 Å². The Morgan fingerprint density at radius 3 is 2.13 bits per heavy atom. The van der Waals surface area contributed by atoms with E-state index in [1.54, 1.807) is 12.1 Å². The maximum atomic E-state index is 13.5. The zero-order valence-electron chi connectivity index (χ0n) is 21.2. The number of rotatable bonds is 8. The molecule has 1 saturated heterocycles. The minimum absolute atomic E-state index is 0.0434. The fourth-order valence-electron chi connectivity index (χ4n) is 5.19. The molecule has 196 valence electrons. The first-order chi connectivity index (χ1) is 18.5. The van der Waals surface area contributed by atoms with Gasteiger partial charge in [0.2, 0.25) is 5.76 Å². The van der Waals surface area contributed by atoms with Crippen molar-refractivity contribution in [3.63, 3.8) is 0 Å². The lowest BCUT2D eigenvalue weighted by molar-refractivity contribution is -0.118. The summed E-state index contributed by atoms with van der Waals surface area (Å²) in [6.07, 6.45) is 2.78. The number of para-hydroxylation sites is 1. The molecular formula is C30H33N4O4+. The maximum absolute atomic E-state index is 13.5. The third kappa shape index (κ3) is 5.98. The van der Waals surface area contributed by atoms with Crippen molar-refractivity contribution in [2.45, 2.75) is 25.5 Å². The van der Waals surface area contributed by atoms with Crippen LogP contribution in [-0.2, 0) is 28.9 Å². The zero-order chi connectivity index (χ0) is 26.5. The molecule has 3 aromatic rings. The van der Waals surface area contributed by atoms with Crippen LogP contribution in [-0.4, -0.2) is 64.4 Å². The molecule has 0 atom stereocenters. The van der Waals surface area contributed by atoms with Gasteiger partial charge < -0.3 is 25.2 Å². The number of allylic oxidation sites excluding steroid dienone is 1. The van der Waals surface area contributed by atoms with Crippen LogP contribution in [0.4, 0.5) is 5.69 Å². The molecule has 1 aliphatic heterocycles. The van der Waals surface area contributed by atoms with Crippen LogP contribution in [0, 0.1) is 0 Å². The number of nitrogens with zero attached hydrogens (tertiary/aromatic N) is 2. The Hall–Kier alpha value is -4.30. The number of nitrogens with one attached hydrogen (secondary N) is 1. The number of ether oxygens (including phenoxy) is 1. The minimum atomic E-state index is -0.332. The summed E-state index contributed by atoms with van der Waals surface area (Å²) in [5, 5.41) is 28.7. The molecule has 8 heteroatoms. The Kier molecular flexibility index (Phi) is 7.60. The summed E-state index contributed by atoms with van der Waals surface area (Å²) in [6, 6.07) is 22.2. The number of benzene rings is 3. The monoisotopic (exact) mass is 513 g/mol. The molecule has 1 amide bonds. The molecule has 1 aliphatic carbocycles. The number of carbonyl (C=O) groups excluding carboxylic acids is 1. The summed E-state index contributed by atoms with van der Waals surface area (Å²) in [6.45, 7) is 3.32. The highest BCUT2D eigenvalue weighted by atomic mass is 16.5. The largest absolute Gasteiger partial charge is 0.508 e. The number of carbonyl (C=O) groups is 1. The molecule has 5 rings (SSSR count). The second-order valence-electron chi connectivity index (χ2n) is 9.74. The number of amides is 1. The van der Waals surface area contributed by atoms with Crippen LogP contribution in [0.2, 0.25) is 0 Å². The van der Waals surface area contributed by atoms with Crippen molar-refractivity contribution in [2.24, 2.45) is 0 Å². The van der Waals surface area contributed by atoms with Gasteiger partial charge in [0.05, 0.1) is 0 Å². The lowest BCUT2D eigenvalue weighted by Crippen LogP contribution is -2.48. The van der Waals surface area contributed by atoms with Gasteiger partial charge in [-0.2, -0.15) is 0 Å². The van der Waals surface area contributed by atoms with Gasteiger partial charge in [0.1, 0.15) is 23.3 Å². The topological polar surface area (TPSA) is 111 Å². The average molecular weight is 514 g/mol. The van der Waals surface area contributed by atoms with Crippen molar-refractivity contribution in [1.82, 2.24) is 9.80 Å². The van der Waals surface area contributed by atoms with Crippen molar-refractivity contribution in [2.75, 3.05) is 31.5 Å². The standard InChI is InChI=1S/C30H32N4O4/c31-19-28(34-12-10-33(11-13-34)20-21-14-25(35)18-26(36)15-21)29(30(37)32-24-8-2-1-3-9-24)38-27-16-22-6-4-5-7-23(22)17-27/h1-9,14-15,18-19,27,31,35-36H,10-13,16-17,20H2,(H,32,37)/p+1/b29-28-,31-19?. The van der Waals surface area contributed by atoms with Gasteiger partial charge in [0.15, 0.2) is 6.21 Å². The Balaban J connectivity index is 1.33. The predicted molar refractivity (Wildman–Crippen MR) is 145 cm³/mol. The molecule has 0 bridgehead atoms. The second-order valence-corrected chi connectivity index (χ2v) is 9.74. The van der Waals surface area contributed by atoms with Crippen molar-refractivity contribution < 1.29 is 25.2 Å². The quantitative estimate of drug-likeness (QED) is 0.209.